The summed E-state index contributed by atoms with van der Waals surface area (Å²) in [6.45, 7) is 5.51. The highest BCUT2D eigenvalue weighted by Gasteiger charge is 2.07. The molecule has 0 aromatic heterocycles. The lowest BCUT2D eigenvalue weighted by Crippen LogP contribution is -2.28. The molecule has 0 fully saturated rings. The standard InChI is InChI=1S/C16H27NO/c1-4-9-15(17-5-2)12-8-11-14-10-6-7-13-16(14)18-3/h6-7,10,13,15,17H,4-5,8-9,11-12H2,1-3H3. The van der Waals surface area contributed by atoms with E-state index in [9.17, 15) is 0 Å². The molecule has 18 heavy (non-hydrogen) atoms. The van der Waals surface area contributed by atoms with E-state index in [-0.39, 0.29) is 0 Å². The minimum absolute atomic E-state index is 0.676. The van der Waals surface area contributed by atoms with Crippen LogP contribution >= 0.6 is 0 Å². The molecule has 0 aliphatic carbocycles. The van der Waals surface area contributed by atoms with E-state index in [1.54, 1.807) is 7.11 Å². The van der Waals surface area contributed by atoms with Gasteiger partial charge in [-0.2, -0.15) is 0 Å². The van der Waals surface area contributed by atoms with Crippen LogP contribution in [0.15, 0.2) is 24.3 Å². The molecule has 1 aromatic carbocycles. The smallest absolute Gasteiger partial charge is 0.122 e. The Labute approximate surface area is 112 Å². The number of benzene rings is 1. The number of methoxy groups -OCH3 is 1. The summed E-state index contributed by atoms with van der Waals surface area (Å²) in [5, 5.41) is 3.57. The van der Waals surface area contributed by atoms with Crippen LogP contribution in [0, 0.1) is 0 Å². The molecular weight excluding hydrogens is 222 g/mol. The Morgan fingerprint density at radius 1 is 1.17 bits per heavy atom. The van der Waals surface area contributed by atoms with Crippen molar-refractivity contribution in [3.05, 3.63) is 29.8 Å². The maximum Gasteiger partial charge on any atom is 0.122 e. The molecule has 1 unspecified atom stereocenters. The summed E-state index contributed by atoms with van der Waals surface area (Å²) in [7, 11) is 1.75. The fraction of sp³-hybridized carbons (Fsp3) is 0.625. The molecular formula is C16H27NO. The summed E-state index contributed by atoms with van der Waals surface area (Å²) >= 11 is 0. The largest absolute Gasteiger partial charge is 0.496 e. The lowest BCUT2D eigenvalue weighted by Gasteiger charge is -2.17. The third-order valence-corrected chi connectivity index (χ3v) is 3.32. The molecule has 0 radical (unpaired) electrons. The van der Waals surface area contributed by atoms with Gasteiger partial charge in [0, 0.05) is 6.04 Å². The van der Waals surface area contributed by atoms with Crippen molar-refractivity contribution in [2.75, 3.05) is 13.7 Å². The summed E-state index contributed by atoms with van der Waals surface area (Å²) in [5.41, 5.74) is 1.33. The number of aryl methyl sites for hydroxylation is 1. The van der Waals surface area contributed by atoms with E-state index in [1.807, 2.05) is 12.1 Å². The lowest BCUT2D eigenvalue weighted by molar-refractivity contribution is 0.406. The van der Waals surface area contributed by atoms with Crippen molar-refractivity contribution < 1.29 is 4.74 Å². The van der Waals surface area contributed by atoms with Crippen molar-refractivity contribution >= 4 is 0 Å². The maximum absolute atomic E-state index is 5.38. The van der Waals surface area contributed by atoms with Gasteiger partial charge in [0.25, 0.3) is 0 Å². The number of hydrogen-bond donors (Lipinski definition) is 1. The van der Waals surface area contributed by atoms with Crippen LogP contribution in [0.1, 0.15) is 45.1 Å². The second kappa shape index (κ2) is 8.98. The molecule has 2 heteroatoms. The Balaban J connectivity index is 2.39. The average molecular weight is 249 g/mol. The van der Waals surface area contributed by atoms with Crippen LogP contribution in [0.5, 0.6) is 5.75 Å². The van der Waals surface area contributed by atoms with E-state index < -0.39 is 0 Å². The van der Waals surface area contributed by atoms with E-state index in [4.69, 9.17) is 4.74 Å². The third kappa shape index (κ3) is 5.09. The molecule has 0 aliphatic heterocycles. The topological polar surface area (TPSA) is 21.3 Å². The number of rotatable bonds is 9. The molecule has 1 atom stereocenters. The first-order valence-electron chi connectivity index (χ1n) is 7.17. The second-order valence-electron chi connectivity index (χ2n) is 4.75. The van der Waals surface area contributed by atoms with Crippen molar-refractivity contribution in [1.82, 2.24) is 5.32 Å². The molecule has 1 aromatic rings. The Morgan fingerprint density at radius 2 is 1.94 bits per heavy atom. The Hall–Kier alpha value is -1.02. The van der Waals surface area contributed by atoms with Crippen LogP contribution in [0.4, 0.5) is 0 Å². The zero-order valence-corrected chi connectivity index (χ0v) is 12.0. The highest BCUT2D eigenvalue weighted by Crippen LogP contribution is 2.20. The first kappa shape index (κ1) is 15.0. The summed E-state index contributed by atoms with van der Waals surface area (Å²) in [6.07, 6.45) is 6.11. The van der Waals surface area contributed by atoms with Crippen LogP contribution in [0.3, 0.4) is 0 Å². The molecule has 0 saturated carbocycles. The van der Waals surface area contributed by atoms with Gasteiger partial charge >= 0.3 is 0 Å². The van der Waals surface area contributed by atoms with E-state index in [0.29, 0.717) is 6.04 Å². The third-order valence-electron chi connectivity index (χ3n) is 3.32. The molecule has 0 aliphatic rings. The first-order chi connectivity index (χ1) is 8.81. The zero-order valence-electron chi connectivity index (χ0n) is 12.0. The lowest BCUT2D eigenvalue weighted by atomic mass is 10.0. The monoisotopic (exact) mass is 249 g/mol. The molecule has 0 saturated heterocycles. The van der Waals surface area contributed by atoms with Gasteiger partial charge < -0.3 is 10.1 Å². The van der Waals surface area contributed by atoms with E-state index >= 15 is 0 Å². The van der Waals surface area contributed by atoms with Gasteiger partial charge in [0.2, 0.25) is 0 Å². The van der Waals surface area contributed by atoms with Crippen molar-refractivity contribution in [3.63, 3.8) is 0 Å². The van der Waals surface area contributed by atoms with Gasteiger partial charge in [-0.25, -0.2) is 0 Å². The van der Waals surface area contributed by atoms with Gasteiger partial charge in [0.1, 0.15) is 5.75 Å². The zero-order chi connectivity index (χ0) is 13.2. The Bertz CT molecular complexity index is 319. The maximum atomic E-state index is 5.38. The van der Waals surface area contributed by atoms with Crippen LogP contribution < -0.4 is 10.1 Å². The van der Waals surface area contributed by atoms with Crippen LogP contribution in [0.25, 0.3) is 0 Å². The molecule has 2 nitrogen and oxygen atoms in total. The van der Waals surface area contributed by atoms with Gasteiger partial charge in [-0.15, -0.1) is 0 Å². The molecule has 0 heterocycles. The minimum Gasteiger partial charge on any atom is -0.496 e. The fourth-order valence-electron chi connectivity index (χ4n) is 2.43. The SMILES string of the molecule is CCCC(CCCc1ccccc1OC)NCC. The number of hydrogen-bond acceptors (Lipinski definition) is 2. The molecule has 102 valence electrons. The fourth-order valence-corrected chi connectivity index (χ4v) is 2.43. The predicted octanol–water partition coefficient (Wildman–Crippen LogP) is 3.80. The summed E-state index contributed by atoms with van der Waals surface area (Å²) in [6, 6.07) is 9.01. The predicted molar refractivity (Wildman–Crippen MR) is 78.3 cm³/mol. The average Bonchev–Trinajstić information content (AvgIpc) is 2.40. The van der Waals surface area contributed by atoms with E-state index in [1.165, 1.54) is 31.2 Å². The first-order valence-corrected chi connectivity index (χ1v) is 7.17. The quantitative estimate of drug-likeness (QED) is 0.719. The van der Waals surface area contributed by atoms with Gasteiger partial charge in [-0.05, 0) is 43.9 Å². The summed E-state index contributed by atoms with van der Waals surface area (Å²) < 4.78 is 5.38. The van der Waals surface area contributed by atoms with Gasteiger partial charge in [0.15, 0.2) is 0 Å². The highest BCUT2D eigenvalue weighted by molar-refractivity contribution is 5.33. The number of ether oxygens (including phenoxy) is 1. The molecule has 1 N–H and O–H groups in total. The molecule has 0 bridgehead atoms. The van der Waals surface area contributed by atoms with Crippen LogP contribution in [-0.2, 0) is 6.42 Å². The van der Waals surface area contributed by atoms with Crippen molar-refractivity contribution in [1.29, 1.82) is 0 Å². The second-order valence-corrected chi connectivity index (χ2v) is 4.75. The van der Waals surface area contributed by atoms with E-state index in [0.717, 1.165) is 18.7 Å². The van der Waals surface area contributed by atoms with Crippen LogP contribution in [0.2, 0.25) is 0 Å². The summed E-state index contributed by atoms with van der Waals surface area (Å²) in [5.74, 6) is 1.02. The molecule has 0 spiro atoms. The molecule has 1 rings (SSSR count). The van der Waals surface area contributed by atoms with Crippen molar-refractivity contribution in [2.45, 2.75) is 52.0 Å². The number of para-hydroxylation sites is 1. The van der Waals surface area contributed by atoms with Crippen LogP contribution in [-0.4, -0.2) is 19.7 Å². The summed E-state index contributed by atoms with van der Waals surface area (Å²) in [4.78, 5) is 0. The van der Waals surface area contributed by atoms with Gasteiger partial charge in [0.05, 0.1) is 7.11 Å². The highest BCUT2D eigenvalue weighted by atomic mass is 16.5. The normalized spacial score (nSPS) is 12.4. The Morgan fingerprint density at radius 3 is 2.61 bits per heavy atom. The number of nitrogens with one attached hydrogen (secondary N) is 1. The van der Waals surface area contributed by atoms with Crippen molar-refractivity contribution in [2.24, 2.45) is 0 Å². The Kier molecular flexibility index (Phi) is 7.51. The van der Waals surface area contributed by atoms with Gasteiger partial charge in [-0.3, -0.25) is 0 Å². The minimum atomic E-state index is 0.676. The molecule has 0 amide bonds. The van der Waals surface area contributed by atoms with Gasteiger partial charge in [-0.1, -0.05) is 38.5 Å². The van der Waals surface area contributed by atoms with E-state index in [2.05, 4.69) is 31.3 Å². The van der Waals surface area contributed by atoms with Crippen molar-refractivity contribution in [3.8, 4) is 5.75 Å².